The highest BCUT2D eigenvalue weighted by molar-refractivity contribution is 5.76. The molecular weight excluding hydrogens is 158 g/mol. The minimum Gasteiger partial charge on any atom is -0.468 e. The van der Waals surface area contributed by atoms with E-state index in [-0.39, 0.29) is 5.97 Å². The van der Waals surface area contributed by atoms with E-state index >= 15 is 0 Å². The van der Waals surface area contributed by atoms with Crippen LogP contribution in [0.4, 0.5) is 0 Å². The van der Waals surface area contributed by atoms with Crippen molar-refractivity contribution in [1.29, 1.82) is 0 Å². The summed E-state index contributed by atoms with van der Waals surface area (Å²) >= 11 is 0. The Labute approximate surface area is 70.5 Å². The highest BCUT2D eigenvalue weighted by atomic mass is 16.5. The lowest BCUT2D eigenvalue weighted by Crippen LogP contribution is -2.10. The first kappa shape index (κ1) is 8.77. The number of hydrogen-bond donors (Lipinski definition) is 0. The average molecular weight is 169 g/mol. The quantitative estimate of drug-likeness (QED) is 0.625. The van der Waals surface area contributed by atoms with Gasteiger partial charge in [-0.1, -0.05) is 0 Å². The van der Waals surface area contributed by atoms with E-state index in [1.807, 2.05) is 0 Å². The topological polar surface area (TPSA) is 52.3 Å². The van der Waals surface area contributed by atoms with Crippen molar-refractivity contribution in [3.8, 4) is 0 Å². The molecule has 0 radical (unpaired) electrons. The van der Waals surface area contributed by atoms with Gasteiger partial charge in [0.2, 0.25) is 5.89 Å². The molecule has 0 amide bonds. The SMILES string of the molecule is COC(=O)[C@H](C)c1ncc(C)o1. The second-order valence-electron chi connectivity index (χ2n) is 2.55. The van der Waals surface area contributed by atoms with Crippen molar-refractivity contribution >= 4 is 5.97 Å². The zero-order valence-corrected chi connectivity index (χ0v) is 7.33. The third-order valence-electron chi connectivity index (χ3n) is 1.56. The molecule has 12 heavy (non-hydrogen) atoms. The monoisotopic (exact) mass is 169 g/mol. The van der Waals surface area contributed by atoms with Crippen LogP contribution in [0.3, 0.4) is 0 Å². The summed E-state index contributed by atoms with van der Waals surface area (Å²) in [7, 11) is 1.34. The molecule has 1 aromatic heterocycles. The molecule has 0 aliphatic carbocycles. The van der Waals surface area contributed by atoms with Crippen LogP contribution in [0.5, 0.6) is 0 Å². The van der Waals surface area contributed by atoms with Crippen molar-refractivity contribution in [2.24, 2.45) is 0 Å². The highest BCUT2D eigenvalue weighted by Crippen LogP contribution is 2.15. The van der Waals surface area contributed by atoms with Gasteiger partial charge in [-0.15, -0.1) is 0 Å². The first-order valence-electron chi connectivity index (χ1n) is 3.65. The number of ether oxygens (including phenoxy) is 1. The van der Waals surface area contributed by atoms with E-state index in [1.54, 1.807) is 20.0 Å². The molecule has 0 bridgehead atoms. The Morgan fingerprint density at radius 3 is 2.83 bits per heavy atom. The normalized spacial score (nSPS) is 12.6. The molecule has 0 aromatic carbocycles. The summed E-state index contributed by atoms with van der Waals surface area (Å²) < 4.78 is 9.69. The zero-order chi connectivity index (χ0) is 9.14. The summed E-state index contributed by atoms with van der Waals surface area (Å²) in [6.45, 7) is 3.47. The molecule has 0 fully saturated rings. The molecule has 0 unspecified atom stereocenters. The van der Waals surface area contributed by atoms with E-state index in [0.29, 0.717) is 11.7 Å². The minimum absolute atomic E-state index is 0.336. The van der Waals surface area contributed by atoms with Gasteiger partial charge in [0, 0.05) is 0 Å². The molecule has 0 saturated heterocycles. The van der Waals surface area contributed by atoms with Crippen molar-refractivity contribution in [3.05, 3.63) is 17.8 Å². The fraction of sp³-hybridized carbons (Fsp3) is 0.500. The van der Waals surface area contributed by atoms with E-state index in [0.717, 1.165) is 0 Å². The highest BCUT2D eigenvalue weighted by Gasteiger charge is 2.20. The molecule has 0 N–H and O–H groups in total. The molecular formula is C8H11NO3. The van der Waals surface area contributed by atoms with E-state index in [2.05, 4.69) is 9.72 Å². The van der Waals surface area contributed by atoms with Crippen LogP contribution in [0.1, 0.15) is 24.5 Å². The number of esters is 1. The summed E-state index contributed by atoms with van der Waals surface area (Å²) in [6, 6.07) is 0. The Morgan fingerprint density at radius 1 is 1.75 bits per heavy atom. The first-order chi connectivity index (χ1) is 5.65. The smallest absolute Gasteiger partial charge is 0.317 e. The number of carbonyl (C=O) groups excluding carboxylic acids is 1. The van der Waals surface area contributed by atoms with Crippen LogP contribution in [0.15, 0.2) is 10.6 Å². The summed E-state index contributed by atoms with van der Waals surface area (Å²) in [5.41, 5.74) is 0. The molecule has 66 valence electrons. The second-order valence-corrected chi connectivity index (χ2v) is 2.55. The number of nitrogens with zero attached hydrogens (tertiary/aromatic N) is 1. The van der Waals surface area contributed by atoms with Crippen LogP contribution >= 0.6 is 0 Å². The Bertz CT molecular complexity index is 280. The van der Waals surface area contributed by atoms with Gasteiger partial charge in [-0.3, -0.25) is 4.79 Å². The molecule has 4 heteroatoms. The van der Waals surface area contributed by atoms with Gasteiger partial charge in [0.05, 0.1) is 13.3 Å². The van der Waals surface area contributed by atoms with Gasteiger partial charge in [-0.25, -0.2) is 4.98 Å². The second kappa shape index (κ2) is 3.38. The van der Waals surface area contributed by atoms with Gasteiger partial charge in [-0.05, 0) is 13.8 Å². The molecule has 1 heterocycles. The minimum atomic E-state index is -0.427. The number of oxazole rings is 1. The first-order valence-corrected chi connectivity index (χ1v) is 3.65. The Morgan fingerprint density at radius 2 is 2.42 bits per heavy atom. The van der Waals surface area contributed by atoms with Gasteiger partial charge < -0.3 is 9.15 Å². The predicted octanol–water partition coefficient (Wildman–Crippen LogP) is 1.26. The molecule has 0 aliphatic rings. The largest absolute Gasteiger partial charge is 0.468 e. The van der Waals surface area contributed by atoms with E-state index in [1.165, 1.54) is 7.11 Å². The third kappa shape index (κ3) is 1.64. The summed E-state index contributed by atoms with van der Waals surface area (Å²) in [4.78, 5) is 14.9. The van der Waals surface area contributed by atoms with E-state index in [9.17, 15) is 4.79 Å². The summed E-state index contributed by atoms with van der Waals surface area (Å²) in [5, 5.41) is 0. The fourth-order valence-electron chi connectivity index (χ4n) is 0.850. The van der Waals surface area contributed by atoms with Gasteiger partial charge in [0.1, 0.15) is 11.7 Å². The molecule has 0 aliphatic heterocycles. The lowest BCUT2D eigenvalue weighted by molar-refractivity contribution is -0.142. The fourth-order valence-corrected chi connectivity index (χ4v) is 0.850. The number of aromatic nitrogens is 1. The van der Waals surface area contributed by atoms with Crippen LogP contribution in [-0.4, -0.2) is 18.1 Å². The van der Waals surface area contributed by atoms with Crippen LogP contribution in [-0.2, 0) is 9.53 Å². The van der Waals surface area contributed by atoms with Gasteiger partial charge >= 0.3 is 5.97 Å². The summed E-state index contributed by atoms with van der Waals surface area (Å²) in [5.74, 6) is 0.334. The van der Waals surface area contributed by atoms with Crippen LogP contribution in [0.25, 0.3) is 0 Å². The zero-order valence-electron chi connectivity index (χ0n) is 7.33. The third-order valence-corrected chi connectivity index (χ3v) is 1.56. The maximum atomic E-state index is 11.0. The van der Waals surface area contributed by atoms with Gasteiger partial charge in [0.25, 0.3) is 0 Å². The predicted molar refractivity (Wildman–Crippen MR) is 41.7 cm³/mol. The maximum Gasteiger partial charge on any atom is 0.317 e. The average Bonchev–Trinajstić information content (AvgIpc) is 2.49. The molecule has 4 nitrogen and oxygen atoms in total. The number of methoxy groups -OCH3 is 1. The Balaban J connectivity index is 2.77. The number of aryl methyl sites for hydroxylation is 1. The number of rotatable bonds is 2. The Kier molecular flexibility index (Phi) is 2.47. The van der Waals surface area contributed by atoms with Crippen LogP contribution in [0, 0.1) is 6.92 Å². The van der Waals surface area contributed by atoms with Crippen molar-refractivity contribution in [3.63, 3.8) is 0 Å². The lowest BCUT2D eigenvalue weighted by Gasteiger charge is -2.03. The van der Waals surface area contributed by atoms with Crippen LogP contribution in [0.2, 0.25) is 0 Å². The van der Waals surface area contributed by atoms with Crippen molar-refractivity contribution in [1.82, 2.24) is 4.98 Å². The molecule has 0 spiro atoms. The molecule has 1 aromatic rings. The molecule has 1 atom stereocenters. The van der Waals surface area contributed by atoms with E-state index < -0.39 is 5.92 Å². The lowest BCUT2D eigenvalue weighted by atomic mass is 10.2. The Hall–Kier alpha value is -1.32. The maximum absolute atomic E-state index is 11.0. The van der Waals surface area contributed by atoms with Crippen LogP contribution < -0.4 is 0 Å². The van der Waals surface area contributed by atoms with Gasteiger partial charge in [0.15, 0.2) is 0 Å². The van der Waals surface area contributed by atoms with E-state index in [4.69, 9.17) is 4.42 Å². The molecule has 1 rings (SSSR count). The summed E-state index contributed by atoms with van der Waals surface area (Å²) in [6.07, 6.45) is 1.58. The van der Waals surface area contributed by atoms with Crippen molar-refractivity contribution in [2.45, 2.75) is 19.8 Å². The number of carbonyl (C=O) groups is 1. The molecule has 0 saturated carbocycles. The van der Waals surface area contributed by atoms with Gasteiger partial charge in [-0.2, -0.15) is 0 Å². The standard InChI is InChI=1S/C8H11NO3/c1-5-4-9-7(12-5)6(2)8(10)11-3/h4,6H,1-3H3/t6-/m1/s1. The van der Waals surface area contributed by atoms with Crippen molar-refractivity contribution in [2.75, 3.05) is 7.11 Å². The number of hydrogen-bond acceptors (Lipinski definition) is 4. The van der Waals surface area contributed by atoms with Crippen molar-refractivity contribution < 1.29 is 13.9 Å².